The molecule has 0 N–H and O–H groups in total. The zero-order valence-electron chi connectivity index (χ0n) is 11.1. The minimum absolute atomic E-state index is 1.37. The van der Waals surface area contributed by atoms with Gasteiger partial charge in [0.2, 0.25) is 0 Å². The van der Waals surface area contributed by atoms with Crippen molar-refractivity contribution >= 4 is 0 Å². The van der Waals surface area contributed by atoms with Gasteiger partial charge in [-0.2, -0.15) is 0 Å². The summed E-state index contributed by atoms with van der Waals surface area (Å²) in [5, 5.41) is 0. The first-order valence-electron chi connectivity index (χ1n) is 6.57. The second-order valence-corrected chi connectivity index (χ2v) is 3.88. The molecule has 0 aromatic rings. The number of rotatable bonds is 8. The lowest BCUT2D eigenvalue weighted by Crippen LogP contribution is -1.77. The Morgan fingerprint density at radius 3 is 1.40 bits per heavy atom. The number of allylic oxidation sites excluding steroid dienone is 3. The second-order valence-electron chi connectivity index (χ2n) is 3.88. The van der Waals surface area contributed by atoms with Gasteiger partial charge in [0.25, 0.3) is 0 Å². The van der Waals surface area contributed by atoms with Crippen LogP contribution in [0.25, 0.3) is 0 Å². The maximum atomic E-state index is 3.46. The van der Waals surface area contributed by atoms with Crippen molar-refractivity contribution < 1.29 is 0 Å². The fourth-order valence-corrected chi connectivity index (χ4v) is 1.34. The van der Waals surface area contributed by atoms with Crippen LogP contribution in [0.15, 0.2) is 24.8 Å². The minimum atomic E-state index is 1.37. The predicted molar refractivity (Wildman–Crippen MR) is 73.3 cm³/mol. The standard InChI is InChI=1S/C10H22.C5H8/c1-3-5-7-9-10-8-6-4-2;1-3-5-4-2/h3-10H2,1-2H3;3-5H,1H2,2H3. The molecule has 0 nitrogen and oxygen atoms in total. The molecule has 0 aliphatic rings. The average Bonchev–Trinajstić information content (AvgIpc) is 2.25. The van der Waals surface area contributed by atoms with Crippen molar-refractivity contribution in [3.05, 3.63) is 24.8 Å². The summed E-state index contributed by atoms with van der Waals surface area (Å²) in [6, 6.07) is 0. The molecule has 90 valence electrons. The van der Waals surface area contributed by atoms with E-state index < -0.39 is 0 Å². The molecular formula is C15H30. The van der Waals surface area contributed by atoms with Crippen LogP contribution >= 0.6 is 0 Å². The molecular weight excluding hydrogens is 180 g/mol. The lowest BCUT2D eigenvalue weighted by atomic mass is 10.1. The van der Waals surface area contributed by atoms with Crippen LogP contribution in [0.1, 0.15) is 72.1 Å². The van der Waals surface area contributed by atoms with Gasteiger partial charge in [0, 0.05) is 0 Å². The summed E-state index contributed by atoms with van der Waals surface area (Å²) in [6.07, 6.45) is 17.0. The van der Waals surface area contributed by atoms with E-state index in [9.17, 15) is 0 Å². The molecule has 0 aromatic heterocycles. The predicted octanol–water partition coefficient (Wildman–Crippen LogP) is 5.90. The molecule has 0 heterocycles. The van der Waals surface area contributed by atoms with Crippen LogP contribution in [-0.2, 0) is 0 Å². The third-order valence-electron chi connectivity index (χ3n) is 2.29. The van der Waals surface area contributed by atoms with Crippen molar-refractivity contribution in [1.29, 1.82) is 0 Å². The summed E-state index contributed by atoms with van der Waals surface area (Å²) >= 11 is 0. The zero-order valence-corrected chi connectivity index (χ0v) is 11.1. The Morgan fingerprint density at radius 2 is 1.20 bits per heavy atom. The Kier molecular flexibility index (Phi) is 21.5. The first-order chi connectivity index (χ1) is 7.33. The maximum absolute atomic E-state index is 3.46. The van der Waals surface area contributed by atoms with Gasteiger partial charge in [0.1, 0.15) is 0 Å². The van der Waals surface area contributed by atoms with Crippen molar-refractivity contribution in [1.82, 2.24) is 0 Å². The lowest BCUT2D eigenvalue weighted by Gasteiger charge is -1.97. The summed E-state index contributed by atoms with van der Waals surface area (Å²) in [5.41, 5.74) is 0. The third kappa shape index (κ3) is 24.7. The molecule has 0 saturated heterocycles. The molecule has 0 bridgehead atoms. The monoisotopic (exact) mass is 210 g/mol. The fourth-order valence-electron chi connectivity index (χ4n) is 1.34. The largest absolute Gasteiger partial charge is 0.0991 e. The Labute approximate surface area is 97.5 Å². The number of unbranched alkanes of at least 4 members (excludes halogenated alkanes) is 7. The maximum Gasteiger partial charge on any atom is -0.0467 e. The number of hydrogen-bond acceptors (Lipinski definition) is 0. The summed E-state index contributed by atoms with van der Waals surface area (Å²) in [7, 11) is 0. The van der Waals surface area contributed by atoms with E-state index in [4.69, 9.17) is 0 Å². The highest BCUT2D eigenvalue weighted by atomic mass is 13.9. The summed E-state index contributed by atoms with van der Waals surface area (Å²) in [5.74, 6) is 0. The summed E-state index contributed by atoms with van der Waals surface area (Å²) < 4.78 is 0. The quantitative estimate of drug-likeness (QED) is 0.346. The van der Waals surface area contributed by atoms with E-state index in [1.807, 2.05) is 19.1 Å². The Bertz CT molecular complexity index is 114. The average molecular weight is 210 g/mol. The van der Waals surface area contributed by atoms with Crippen molar-refractivity contribution in [2.75, 3.05) is 0 Å². The van der Waals surface area contributed by atoms with Gasteiger partial charge in [-0.3, -0.25) is 0 Å². The van der Waals surface area contributed by atoms with E-state index in [1.165, 1.54) is 51.4 Å². The molecule has 15 heavy (non-hydrogen) atoms. The van der Waals surface area contributed by atoms with E-state index in [1.54, 1.807) is 6.08 Å². The molecule has 0 radical (unpaired) electrons. The first-order valence-corrected chi connectivity index (χ1v) is 6.57. The second kappa shape index (κ2) is 19.1. The van der Waals surface area contributed by atoms with Crippen molar-refractivity contribution in [2.45, 2.75) is 72.1 Å². The summed E-state index contributed by atoms with van der Waals surface area (Å²) in [6.45, 7) is 9.96. The van der Waals surface area contributed by atoms with Gasteiger partial charge in [-0.1, -0.05) is 90.0 Å². The molecule has 0 saturated carbocycles. The smallest absolute Gasteiger partial charge is 0.0467 e. The van der Waals surface area contributed by atoms with E-state index in [-0.39, 0.29) is 0 Å². The highest BCUT2D eigenvalue weighted by Crippen LogP contribution is 2.07. The van der Waals surface area contributed by atoms with E-state index in [0.717, 1.165) is 0 Å². The Hall–Kier alpha value is -0.520. The molecule has 0 aromatic carbocycles. The zero-order chi connectivity index (χ0) is 11.8. The van der Waals surface area contributed by atoms with Crippen LogP contribution in [0.5, 0.6) is 0 Å². The topological polar surface area (TPSA) is 0 Å². The van der Waals surface area contributed by atoms with Gasteiger partial charge in [-0.25, -0.2) is 0 Å². The molecule has 0 aliphatic heterocycles. The highest BCUT2D eigenvalue weighted by molar-refractivity contribution is 4.94. The lowest BCUT2D eigenvalue weighted by molar-refractivity contribution is 0.585. The van der Waals surface area contributed by atoms with Gasteiger partial charge in [0.05, 0.1) is 0 Å². The molecule has 0 amide bonds. The Morgan fingerprint density at radius 1 is 0.800 bits per heavy atom. The fraction of sp³-hybridized carbons (Fsp3) is 0.733. The molecule has 0 rings (SSSR count). The molecule has 0 atom stereocenters. The van der Waals surface area contributed by atoms with Gasteiger partial charge in [-0.05, 0) is 6.92 Å². The van der Waals surface area contributed by atoms with Gasteiger partial charge in [0.15, 0.2) is 0 Å². The van der Waals surface area contributed by atoms with Crippen molar-refractivity contribution in [2.24, 2.45) is 0 Å². The Balaban J connectivity index is 0. The van der Waals surface area contributed by atoms with Crippen molar-refractivity contribution in [3.63, 3.8) is 0 Å². The number of hydrogen-bond donors (Lipinski definition) is 0. The van der Waals surface area contributed by atoms with Crippen LogP contribution in [-0.4, -0.2) is 0 Å². The first kappa shape index (κ1) is 16.9. The van der Waals surface area contributed by atoms with E-state index in [2.05, 4.69) is 20.4 Å². The molecule has 0 unspecified atom stereocenters. The third-order valence-corrected chi connectivity index (χ3v) is 2.29. The molecule has 0 aliphatic carbocycles. The van der Waals surface area contributed by atoms with Gasteiger partial charge in [-0.15, -0.1) is 0 Å². The minimum Gasteiger partial charge on any atom is -0.0991 e. The SMILES string of the molecule is C=CC=CC.CCCCCCCCCC. The van der Waals surface area contributed by atoms with Crippen LogP contribution in [0.2, 0.25) is 0 Å². The molecule has 0 heteroatoms. The van der Waals surface area contributed by atoms with Crippen LogP contribution in [0, 0.1) is 0 Å². The highest BCUT2D eigenvalue weighted by Gasteiger charge is 1.87. The van der Waals surface area contributed by atoms with Crippen LogP contribution in [0.3, 0.4) is 0 Å². The van der Waals surface area contributed by atoms with E-state index in [0.29, 0.717) is 0 Å². The molecule has 0 fully saturated rings. The van der Waals surface area contributed by atoms with Crippen LogP contribution in [0.4, 0.5) is 0 Å². The normalized spacial score (nSPS) is 9.80. The van der Waals surface area contributed by atoms with Gasteiger partial charge < -0.3 is 0 Å². The van der Waals surface area contributed by atoms with Crippen molar-refractivity contribution in [3.8, 4) is 0 Å². The molecule has 0 spiro atoms. The van der Waals surface area contributed by atoms with E-state index >= 15 is 0 Å². The summed E-state index contributed by atoms with van der Waals surface area (Å²) in [4.78, 5) is 0. The van der Waals surface area contributed by atoms with Gasteiger partial charge >= 0.3 is 0 Å². The van der Waals surface area contributed by atoms with Crippen LogP contribution < -0.4 is 0 Å².